The summed E-state index contributed by atoms with van der Waals surface area (Å²) in [4.78, 5) is 28.6. The first kappa shape index (κ1) is 31.5. The van der Waals surface area contributed by atoms with Crippen molar-refractivity contribution in [3.05, 3.63) is 83.4 Å². The number of aryl methyl sites for hydroxylation is 2. The Bertz CT molecular complexity index is 1470. The maximum absolute atomic E-state index is 14.1. The first-order valence-electron chi connectivity index (χ1n) is 13.3. The highest BCUT2D eigenvalue weighted by molar-refractivity contribution is 7.92. The Balaban J connectivity index is 2.11. The van der Waals surface area contributed by atoms with E-state index >= 15 is 0 Å². The van der Waals surface area contributed by atoms with Gasteiger partial charge < -0.3 is 19.7 Å². The van der Waals surface area contributed by atoms with Gasteiger partial charge in [-0.05, 0) is 82.1 Å². The number of hydrogen-bond donors (Lipinski definition) is 1. The number of carbonyl (C=O) groups is 2. The van der Waals surface area contributed by atoms with Gasteiger partial charge in [-0.15, -0.1) is 0 Å². The van der Waals surface area contributed by atoms with Crippen molar-refractivity contribution in [3.8, 4) is 11.5 Å². The molecule has 9 nitrogen and oxygen atoms in total. The minimum absolute atomic E-state index is 0.0319. The molecule has 0 spiro atoms. The molecule has 41 heavy (non-hydrogen) atoms. The summed E-state index contributed by atoms with van der Waals surface area (Å²) in [7, 11) is -1.22. The zero-order valence-corrected chi connectivity index (χ0v) is 25.5. The van der Waals surface area contributed by atoms with Crippen LogP contribution in [-0.4, -0.2) is 58.0 Å². The van der Waals surface area contributed by atoms with Crippen LogP contribution >= 0.6 is 0 Å². The van der Waals surface area contributed by atoms with E-state index in [-0.39, 0.29) is 29.1 Å². The Morgan fingerprint density at radius 2 is 1.54 bits per heavy atom. The van der Waals surface area contributed by atoms with Gasteiger partial charge in [-0.25, -0.2) is 8.42 Å². The second-order valence-electron chi connectivity index (χ2n) is 10.2. The number of sulfonamides is 1. The lowest BCUT2D eigenvalue weighted by atomic mass is 10.1. The molecule has 0 heterocycles. The number of anilines is 1. The van der Waals surface area contributed by atoms with Crippen LogP contribution in [0, 0.1) is 13.8 Å². The van der Waals surface area contributed by atoms with E-state index in [2.05, 4.69) is 5.32 Å². The molecule has 0 aliphatic carbocycles. The molecule has 0 saturated carbocycles. The van der Waals surface area contributed by atoms with E-state index in [1.165, 1.54) is 24.1 Å². The summed E-state index contributed by atoms with van der Waals surface area (Å²) in [5.74, 6) is -0.0120. The SMILES string of the molecule is COc1cccc(CN(C(=O)CN(c2cc(C)ccc2OC)S(=O)(=O)c2ccc(C)cc2)[C@H](C)C(=O)NC(C)C)c1. The fourth-order valence-electron chi connectivity index (χ4n) is 4.30. The van der Waals surface area contributed by atoms with E-state index in [9.17, 15) is 18.0 Å². The monoisotopic (exact) mass is 581 g/mol. The van der Waals surface area contributed by atoms with Crippen molar-refractivity contribution >= 4 is 27.5 Å². The van der Waals surface area contributed by atoms with Gasteiger partial charge in [0.05, 0.1) is 24.8 Å². The summed E-state index contributed by atoms with van der Waals surface area (Å²) < 4.78 is 40.1. The predicted octanol–water partition coefficient (Wildman–Crippen LogP) is 4.46. The van der Waals surface area contributed by atoms with Gasteiger partial charge in [0.25, 0.3) is 10.0 Å². The first-order chi connectivity index (χ1) is 19.4. The fourth-order valence-corrected chi connectivity index (χ4v) is 5.72. The first-order valence-corrected chi connectivity index (χ1v) is 14.8. The van der Waals surface area contributed by atoms with Crippen LogP contribution in [0.1, 0.15) is 37.5 Å². The second kappa shape index (κ2) is 13.5. The maximum Gasteiger partial charge on any atom is 0.264 e. The molecule has 0 radical (unpaired) electrons. The van der Waals surface area contributed by atoms with Gasteiger partial charge in [0, 0.05) is 12.6 Å². The van der Waals surface area contributed by atoms with Crippen molar-refractivity contribution in [2.75, 3.05) is 25.1 Å². The molecule has 0 unspecified atom stereocenters. The third kappa shape index (κ3) is 7.79. The van der Waals surface area contributed by atoms with Crippen LogP contribution in [0.25, 0.3) is 0 Å². The molecule has 220 valence electrons. The van der Waals surface area contributed by atoms with Crippen molar-refractivity contribution in [1.29, 1.82) is 0 Å². The number of amides is 2. The molecule has 0 saturated heterocycles. The summed E-state index contributed by atoms with van der Waals surface area (Å²) in [6.45, 7) is 8.49. The highest BCUT2D eigenvalue weighted by atomic mass is 32.2. The van der Waals surface area contributed by atoms with E-state index in [4.69, 9.17) is 9.47 Å². The predicted molar refractivity (Wildman–Crippen MR) is 160 cm³/mol. The van der Waals surface area contributed by atoms with Crippen molar-refractivity contribution in [2.24, 2.45) is 0 Å². The van der Waals surface area contributed by atoms with Crippen LogP contribution in [0.3, 0.4) is 0 Å². The quantitative estimate of drug-likeness (QED) is 0.339. The van der Waals surface area contributed by atoms with Crippen molar-refractivity contribution in [2.45, 2.75) is 58.1 Å². The molecule has 3 aromatic rings. The molecular weight excluding hydrogens is 542 g/mol. The van der Waals surface area contributed by atoms with Gasteiger partial charge in [0.2, 0.25) is 11.8 Å². The summed E-state index contributed by atoms with van der Waals surface area (Å²) in [5, 5.41) is 2.85. The summed E-state index contributed by atoms with van der Waals surface area (Å²) >= 11 is 0. The molecule has 0 bridgehead atoms. The summed E-state index contributed by atoms with van der Waals surface area (Å²) in [5.41, 5.74) is 2.63. The molecule has 3 aromatic carbocycles. The normalized spacial score (nSPS) is 12.0. The standard InChI is InChI=1S/C31H39N3O6S/c1-21(2)32-31(36)24(5)33(19-25-9-8-10-26(18-25)39-6)30(35)20-34(28-17-23(4)13-16-29(28)40-7)41(37,38)27-14-11-22(3)12-15-27/h8-18,21,24H,19-20H2,1-7H3,(H,32,36)/t24-/m1/s1. The maximum atomic E-state index is 14.1. The fraction of sp³-hybridized carbons (Fsp3) is 0.355. The number of methoxy groups -OCH3 is 2. The molecule has 0 aliphatic rings. The lowest BCUT2D eigenvalue weighted by Gasteiger charge is -2.32. The molecule has 0 aliphatic heterocycles. The Morgan fingerprint density at radius 3 is 2.15 bits per heavy atom. The number of rotatable bonds is 12. The Labute approximate surface area is 243 Å². The van der Waals surface area contributed by atoms with Gasteiger partial charge in [0.15, 0.2) is 0 Å². The highest BCUT2D eigenvalue weighted by Gasteiger charge is 2.34. The van der Waals surface area contributed by atoms with Crippen LogP contribution in [0.5, 0.6) is 11.5 Å². The minimum Gasteiger partial charge on any atom is -0.497 e. The van der Waals surface area contributed by atoms with E-state index in [0.717, 1.165) is 21.0 Å². The molecule has 2 amide bonds. The molecule has 10 heteroatoms. The van der Waals surface area contributed by atoms with Gasteiger partial charge >= 0.3 is 0 Å². The zero-order valence-electron chi connectivity index (χ0n) is 24.7. The zero-order chi connectivity index (χ0) is 30.3. The number of nitrogens with one attached hydrogen (secondary N) is 1. The smallest absolute Gasteiger partial charge is 0.264 e. The molecular formula is C31H39N3O6S. The van der Waals surface area contributed by atoms with E-state index in [0.29, 0.717) is 11.5 Å². The van der Waals surface area contributed by atoms with Crippen LogP contribution in [0.4, 0.5) is 5.69 Å². The number of nitrogens with zero attached hydrogens (tertiary/aromatic N) is 2. The average molecular weight is 582 g/mol. The molecule has 1 atom stereocenters. The largest absolute Gasteiger partial charge is 0.497 e. The number of ether oxygens (including phenoxy) is 2. The highest BCUT2D eigenvalue weighted by Crippen LogP contribution is 2.34. The molecule has 0 aromatic heterocycles. The van der Waals surface area contributed by atoms with E-state index in [1.54, 1.807) is 62.6 Å². The number of carbonyl (C=O) groups excluding carboxylic acids is 2. The number of benzene rings is 3. The summed E-state index contributed by atoms with van der Waals surface area (Å²) in [6.07, 6.45) is 0. The van der Waals surface area contributed by atoms with Gasteiger partial charge in [-0.1, -0.05) is 35.9 Å². The van der Waals surface area contributed by atoms with Crippen LogP contribution < -0.4 is 19.1 Å². The summed E-state index contributed by atoms with van der Waals surface area (Å²) in [6, 6.07) is 17.7. The van der Waals surface area contributed by atoms with E-state index in [1.807, 2.05) is 33.8 Å². The van der Waals surface area contributed by atoms with Crippen molar-refractivity contribution in [1.82, 2.24) is 10.2 Å². The Hall–Kier alpha value is -4.05. The third-order valence-corrected chi connectivity index (χ3v) is 8.35. The van der Waals surface area contributed by atoms with Crippen molar-refractivity contribution < 1.29 is 27.5 Å². The topological polar surface area (TPSA) is 105 Å². The average Bonchev–Trinajstić information content (AvgIpc) is 2.94. The molecule has 3 rings (SSSR count). The number of hydrogen-bond acceptors (Lipinski definition) is 6. The Kier molecular flexibility index (Phi) is 10.4. The van der Waals surface area contributed by atoms with Crippen LogP contribution in [-0.2, 0) is 26.2 Å². The lowest BCUT2D eigenvalue weighted by Crippen LogP contribution is -2.52. The molecule has 1 N–H and O–H groups in total. The minimum atomic E-state index is -4.21. The van der Waals surface area contributed by atoms with E-state index < -0.39 is 28.5 Å². The Morgan fingerprint density at radius 1 is 0.878 bits per heavy atom. The van der Waals surface area contributed by atoms with Gasteiger partial charge in [-0.3, -0.25) is 13.9 Å². The molecule has 0 fully saturated rings. The second-order valence-corrected chi connectivity index (χ2v) is 12.1. The lowest BCUT2D eigenvalue weighted by molar-refractivity contribution is -0.139. The van der Waals surface area contributed by atoms with Crippen LogP contribution in [0.2, 0.25) is 0 Å². The van der Waals surface area contributed by atoms with Crippen molar-refractivity contribution in [3.63, 3.8) is 0 Å². The third-order valence-electron chi connectivity index (χ3n) is 6.58. The van der Waals surface area contributed by atoms with Gasteiger partial charge in [-0.2, -0.15) is 0 Å². The van der Waals surface area contributed by atoms with Crippen LogP contribution in [0.15, 0.2) is 71.6 Å². The van der Waals surface area contributed by atoms with Gasteiger partial charge in [0.1, 0.15) is 24.1 Å².